The highest BCUT2D eigenvalue weighted by Crippen LogP contribution is 2.27. The van der Waals surface area contributed by atoms with Crippen LogP contribution in [0.3, 0.4) is 0 Å². The van der Waals surface area contributed by atoms with Crippen molar-refractivity contribution in [3.8, 4) is 5.75 Å². The molecule has 2 atom stereocenters. The molecule has 0 aliphatic carbocycles. The molecule has 1 aliphatic rings. The van der Waals surface area contributed by atoms with E-state index >= 15 is 0 Å². The minimum absolute atomic E-state index is 0.0813. The highest BCUT2D eigenvalue weighted by Gasteiger charge is 2.40. The summed E-state index contributed by atoms with van der Waals surface area (Å²) in [6, 6.07) is 2.19. The highest BCUT2D eigenvalue weighted by atomic mass is 32.2. The van der Waals surface area contributed by atoms with Crippen LogP contribution in [0.15, 0.2) is 44.0 Å². The van der Waals surface area contributed by atoms with Crippen LogP contribution in [-0.2, 0) is 23.8 Å². The summed E-state index contributed by atoms with van der Waals surface area (Å²) in [4.78, 5) is 46.0. The number of rotatable bonds is 19. The Morgan fingerprint density at radius 3 is 2.77 bits per heavy atom. The molecule has 13 heteroatoms. The predicted molar refractivity (Wildman–Crippen MR) is 150 cm³/mol. The highest BCUT2D eigenvalue weighted by molar-refractivity contribution is 8.16. The zero-order valence-corrected chi connectivity index (χ0v) is 23.6. The Morgan fingerprint density at radius 1 is 1.31 bits per heavy atom. The molecule has 0 spiro atoms. The fraction of sp³-hybridized carbons (Fsp3) is 0.577. The SMILES string of the molecule is C=CCOc1cc([C@@H](CCC)NC(=O)[C@]2(N)CSC(C(C)=NCC(=O)COCCOCCOC)=N2)oc(=O)c1. The molecule has 2 rings (SSSR count). The molecule has 0 unspecified atom stereocenters. The van der Waals surface area contributed by atoms with Gasteiger partial charge >= 0.3 is 5.63 Å². The number of hydrogen-bond donors (Lipinski definition) is 2. The number of methoxy groups -OCH3 is 1. The number of aliphatic imine (C=N–C) groups is 2. The molecule has 216 valence electrons. The van der Waals surface area contributed by atoms with Gasteiger partial charge in [-0.2, -0.15) is 0 Å². The zero-order valence-electron chi connectivity index (χ0n) is 22.7. The Kier molecular flexibility index (Phi) is 14.1. The summed E-state index contributed by atoms with van der Waals surface area (Å²) in [5.41, 5.74) is 4.71. The fourth-order valence-corrected chi connectivity index (χ4v) is 4.39. The van der Waals surface area contributed by atoms with Gasteiger partial charge in [-0.25, -0.2) is 9.79 Å². The molecule has 0 fully saturated rings. The first-order chi connectivity index (χ1) is 18.7. The number of Topliss-reactive ketones (excluding diaryl/α,β-unsaturated/α-hetero) is 1. The lowest BCUT2D eigenvalue weighted by Crippen LogP contribution is -2.54. The van der Waals surface area contributed by atoms with Crippen molar-refractivity contribution in [1.82, 2.24) is 5.32 Å². The number of ketones is 1. The topological polar surface area (TPSA) is 164 Å². The summed E-state index contributed by atoms with van der Waals surface area (Å²) in [6.45, 7) is 8.92. The Hall–Kier alpha value is -2.84. The molecule has 1 amide bonds. The second-order valence-electron chi connectivity index (χ2n) is 8.66. The van der Waals surface area contributed by atoms with Gasteiger partial charge in [0.1, 0.15) is 36.3 Å². The Labute approximate surface area is 232 Å². The van der Waals surface area contributed by atoms with Crippen molar-refractivity contribution in [2.24, 2.45) is 15.7 Å². The monoisotopic (exact) mass is 566 g/mol. The lowest BCUT2D eigenvalue weighted by atomic mass is 10.1. The molecule has 39 heavy (non-hydrogen) atoms. The van der Waals surface area contributed by atoms with Crippen molar-refractivity contribution >= 4 is 34.2 Å². The Morgan fingerprint density at radius 2 is 2.05 bits per heavy atom. The van der Waals surface area contributed by atoms with E-state index in [1.807, 2.05) is 6.92 Å². The predicted octanol–water partition coefficient (Wildman–Crippen LogP) is 1.67. The quantitative estimate of drug-likeness (QED) is 0.143. The molecule has 1 aromatic heterocycles. The maximum atomic E-state index is 13.2. The Bertz CT molecular complexity index is 1090. The van der Waals surface area contributed by atoms with Crippen LogP contribution < -0.4 is 21.4 Å². The summed E-state index contributed by atoms with van der Waals surface area (Å²) in [6.07, 6.45) is 2.77. The number of carbonyl (C=O) groups is 2. The summed E-state index contributed by atoms with van der Waals surface area (Å²) in [5, 5.41) is 3.34. The van der Waals surface area contributed by atoms with Gasteiger partial charge in [-0.1, -0.05) is 26.0 Å². The van der Waals surface area contributed by atoms with E-state index < -0.39 is 23.2 Å². The first kappa shape index (κ1) is 32.4. The van der Waals surface area contributed by atoms with Crippen LogP contribution in [0.25, 0.3) is 0 Å². The van der Waals surface area contributed by atoms with Gasteiger partial charge in [-0.15, -0.1) is 11.8 Å². The molecule has 0 bridgehead atoms. The first-order valence-corrected chi connectivity index (χ1v) is 13.6. The van der Waals surface area contributed by atoms with Gasteiger partial charge in [0.2, 0.25) is 0 Å². The molecular formula is C26H38N4O8S. The van der Waals surface area contributed by atoms with Crippen molar-refractivity contribution in [3.05, 3.63) is 41.0 Å². The number of nitrogens with two attached hydrogens (primary N) is 1. The second kappa shape index (κ2) is 17.0. The van der Waals surface area contributed by atoms with Gasteiger partial charge in [0.15, 0.2) is 11.4 Å². The minimum Gasteiger partial charge on any atom is -0.489 e. The van der Waals surface area contributed by atoms with E-state index in [1.54, 1.807) is 26.2 Å². The van der Waals surface area contributed by atoms with E-state index in [2.05, 4.69) is 21.9 Å². The molecule has 1 aromatic rings. The molecular weight excluding hydrogens is 528 g/mol. The van der Waals surface area contributed by atoms with Gasteiger partial charge in [0, 0.05) is 18.9 Å². The smallest absolute Gasteiger partial charge is 0.339 e. The van der Waals surface area contributed by atoms with Crippen LogP contribution >= 0.6 is 11.8 Å². The number of hydrogen-bond acceptors (Lipinski definition) is 12. The maximum absolute atomic E-state index is 13.2. The normalized spacial score (nSPS) is 17.9. The number of thioether (sulfide) groups is 1. The minimum atomic E-state index is -1.55. The van der Waals surface area contributed by atoms with Crippen LogP contribution in [0.2, 0.25) is 0 Å². The lowest BCUT2D eigenvalue weighted by molar-refractivity contribution is -0.126. The number of nitrogens with one attached hydrogen (secondary N) is 1. The largest absolute Gasteiger partial charge is 0.489 e. The van der Waals surface area contributed by atoms with Crippen LogP contribution in [0.5, 0.6) is 5.75 Å². The van der Waals surface area contributed by atoms with Crippen molar-refractivity contribution in [3.63, 3.8) is 0 Å². The van der Waals surface area contributed by atoms with Gasteiger partial charge in [0.25, 0.3) is 5.91 Å². The van der Waals surface area contributed by atoms with E-state index in [9.17, 15) is 14.4 Å². The van der Waals surface area contributed by atoms with Gasteiger partial charge < -0.3 is 28.7 Å². The zero-order chi connectivity index (χ0) is 28.7. The number of nitrogens with zero attached hydrogens (tertiary/aromatic N) is 2. The third kappa shape index (κ3) is 11.0. The molecule has 3 N–H and O–H groups in total. The maximum Gasteiger partial charge on any atom is 0.339 e. The molecule has 0 saturated heterocycles. The average molecular weight is 567 g/mol. The average Bonchev–Trinajstić information content (AvgIpc) is 3.33. The third-order valence-corrected chi connectivity index (χ3v) is 6.59. The van der Waals surface area contributed by atoms with Crippen LogP contribution in [-0.4, -0.2) is 87.2 Å². The van der Waals surface area contributed by atoms with Gasteiger partial charge in [0.05, 0.1) is 44.2 Å². The van der Waals surface area contributed by atoms with Gasteiger partial charge in [-0.3, -0.25) is 20.3 Å². The van der Waals surface area contributed by atoms with E-state index in [1.165, 1.54) is 17.8 Å². The molecule has 0 radical (unpaired) electrons. The molecule has 12 nitrogen and oxygen atoms in total. The second-order valence-corrected chi connectivity index (χ2v) is 9.62. The number of ether oxygens (including phenoxy) is 4. The van der Waals surface area contributed by atoms with Crippen LogP contribution in [0.1, 0.15) is 38.5 Å². The van der Waals surface area contributed by atoms with Crippen LogP contribution in [0, 0.1) is 0 Å². The van der Waals surface area contributed by atoms with Crippen LogP contribution in [0.4, 0.5) is 0 Å². The fourth-order valence-electron chi connectivity index (χ4n) is 3.33. The van der Waals surface area contributed by atoms with E-state index in [0.29, 0.717) is 55.8 Å². The third-order valence-electron chi connectivity index (χ3n) is 5.35. The van der Waals surface area contributed by atoms with E-state index in [-0.39, 0.29) is 37.1 Å². The van der Waals surface area contributed by atoms with Crippen molar-refractivity contribution < 1.29 is 33.0 Å². The van der Waals surface area contributed by atoms with Gasteiger partial charge in [-0.05, 0) is 13.3 Å². The number of amides is 1. The summed E-state index contributed by atoms with van der Waals surface area (Å²) < 4.78 is 26.2. The summed E-state index contributed by atoms with van der Waals surface area (Å²) >= 11 is 1.28. The van der Waals surface area contributed by atoms with E-state index in [4.69, 9.17) is 29.1 Å². The lowest BCUT2D eigenvalue weighted by Gasteiger charge is -2.24. The van der Waals surface area contributed by atoms with E-state index in [0.717, 1.165) is 0 Å². The summed E-state index contributed by atoms with van der Waals surface area (Å²) in [5.74, 6) is 0.0447. The molecule has 0 saturated carbocycles. The molecule has 2 heterocycles. The Balaban J connectivity index is 1.97. The number of carbonyl (C=O) groups excluding carboxylic acids is 2. The van der Waals surface area contributed by atoms with Crippen molar-refractivity contribution in [2.45, 2.75) is 38.4 Å². The van der Waals surface area contributed by atoms with Crippen molar-refractivity contribution in [1.29, 1.82) is 0 Å². The molecule has 0 aromatic carbocycles. The van der Waals surface area contributed by atoms with Crippen molar-refractivity contribution in [2.75, 3.05) is 59.0 Å². The standard InChI is InChI=1S/C26H38N4O8S/c1-5-7-21(22-13-20(37-8-6-2)14-23(32)38-22)29-25(33)26(27)17-39-24(30-26)18(3)28-15-19(31)16-36-12-11-35-10-9-34-4/h6,13-14,21H,2,5,7-12,15-17,27H2,1,3-4H3,(H,29,33)/t21-,26+/m1/s1. The summed E-state index contributed by atoms with van der Waals surface area (Å²) in [7, 11) is 1.59. The first-order valence-electron chi connectivity index (χ1n) is 12.6. The molecule has 1 aliphatic heterocycles.